The van der Waals surface area contributed by atoms with E-state index in [0.29, 0.717) is 6.07 Å². The lowest BCUT2D eigenvalue weighted by Gasteiger charge is -2.08. The van der Waals surface area contributed by atoms with Crippen LogP contribution in [0, 0.1) is 18.6 Å². The molecule has 4 nitrogen and oxygen atoms in total. The number of rotatable bonds is 6. The van der Waals surface area contributed by atoms with Crippen molar-refractivity contribution in [2.45, 2.75) is 11.1 Å². The molecule has 0 radical (unpaired) electrons. The topological polar surface area (TPSA) is 55.4 Å². The highest BCUT2D eigenvalue weighted by Gasteiger charge is 2.15. The van der Waals surface area contributed by atoms with E-state index < -0.39 is 21.7 Å². The van der Waals surface area contributed by atoms with E-state index in [1.165, 1.54) is 6.07 Å². The molecule has 0 aliphatic heterocycles. The predicted molar refractivity (Wildman–Crippen MR) is 76.1 cm³/mol. The van der Waals surface area contributed by atoms with E-state index in [0.717, 1.165) is 28.3 Å². The third kappa shape index (κ3) is 4.23. The SMILES string of the molecule is Cc1ccc(S(=O)(=O)NCCOc2ccc(F)cc2F)s1. The van der Waals surface area contributed by atoms with Crippen molar-refractivity contribution in [2.75, 3.05) is 13.2 Å². The van der Waals surface area contributed by atoms with Crippen LogP contribution in [0.3, 0.4) is 0 Å². The lowest BCUT2D eigenvalue weighted by molar-refractivity contribution is 0.305. The number of benzene rings is 1. The van der Waals surface area contributed by atoms with Crippen molar-refractivity contribution in [3.8, 4) is 5.75 Å². The minimum absolute atomic E-state index is 0.0178. The van der Waals surface area contributed by atoms with Crippen molar-refractivity contribution in [3.63, 3.8) is 0 Å². The Morgan fingerprint density at radius 3 is 2.62 bits per heavy atom. The lowest BCUT2D eigenvalue weighted by Crippen LogP contribution is -2.27. The predicted octanol–water partition coefficient (Wildman–Crippen LogP) is 2.69. The summed E-state index contributed by atoms with van der Waals surface area (Å²) >= 11 is 1.16. The Hall–Kier alpha value is -1.51. The number of ether oxygens (including phenoxy) is 1. The van der Waals surface area contributed by atoms with Gasteiger partial charge in [-0.1, -0.05) is 0 Å². The first-order chi connectivity index (χ1) is 9.88. The Morgan fingerprint density at radius 2 is 2.00 bits per heavy atom. The van der Waals surface area contributed by atoms with Gasteiger partial charge in [0.05, 0.1) is 0 Å². The molecule has 1 aromatic heterocycles. The van der Waals surface area contributed by atoms with Gasteiger partial charge in [0.1, 0.15) is 16.6 Å². The Morgan fingerprint density at radius 1 is 1.24 bits per heavy atom. The number of sulfonamides is 1. The molecule has 0 spiro atoms. The molecule has 1 N–H and O–H groups in total. The van der Waals surface area contributed by atoms with Gasteiger partial charge in [-0.25, -0.2) is 21.9 Å². The Bertz CT molecular complexity index is 729. The van der Waals surface area contributed by atoms with Crippen LogP contribution in [0.1, 0.15) is 4.88 Å². The fourth-order valence-corrected chi connectivity index (χ4v) is 3.90. The van der Waals surface area contributed by atoms with Gasteiger partial charge in [-0.15, -0.1) is 11.3 Å². The molecule has 21 heavy (non-hydrogen) atoms. The van der Waals surface area contributed by atoms with Crippen molar-refractivity contribution in [2.24, 2.45) is 0 Å². The number of thiophene rings is 1. The molecule has 0 atom stereocenters. The van der Waals surface area contributed by atoms with Gasteiger partial charge in [-0.05, 0) is 31.2 Å². The smallest absolute Gasteiger partial charge is 0.250 e. The molecule has 0 fully saturated rings. The maximum atomic E-state index is 13.3. The summed E-state index contributed by atoms with van der Waals surface area (Å²) in [6.07, 6.45) is 0. The number of nitrogens with one attached hydrogen (secondary N) is 1. The second-order valence-corrected chi connectivity index (χ2v) is 7.47. The van der Waals surface area contributed by atoms with Crippen LogP contribution < -0.4 is 9.46 Å². The largest absolute Gasteiger partial charge is 0.489 e. The van der Waals surface area contributed by atoms with E-state index in [1.54, 1.807) is 6.07 Å². The molecule has 0 aliphatic rings. The molecular formula is C13H13F2NO3S2. The number of halogens is 2. The maximum absolute atomic E-state index is 13.3. The van der Waals surface area contributed by atoms with Crippen LogP contribution in [-0.4, -0.2) is 21.6 Å². The zero-order chi connectivity index (χ0) is 15.5. The molecule has 1 heterocycles. The Labute approximate surface area is 125 Å². The van der Waals surface area contributed by atoms with Crippen molar-refractivity contribution < 1.29 is 21.9 Å². The molecule has 8 heteroatoms. The third-order valence-electron chi connectivity index (χ3n) is 2.53. The molecule has 2 aromatic rings. The molecule has 0 saturated carbocycles. The second kappa shape index (κ2) is 6.50. The van der Waals surface area contributed by atoms with Crippen molar-refractivity contribution in [1.29, 1.82) is 0 Å². The van der Waals surface area contributed by atoms with Crippen LogP contribution in [0.5, 0.6) is 5.75 Å². The molecule has 0 bridgehead atoms. The first-order valence-corrected chi connectivity index (χ1v) is 8.32. The van der Waals surface area contributed by atoms with Crippen molar-refractivity contribution >= 4 is 21.4 Å². The van der Waals surface area contributed by atoms with Crippen LogP contribution in [0.2, 0.25) is 0 Å². The second-order valence-electron chi connectivity index (χ2n) is 4.19. The molecular weight excluding hydrogens is 320 g/mol. The number of hydrogen-bond donors (Lipinski definition) is 1. The van der Waals surface area contributed by atoms with E-state index in [-0.39, 0.29) is 23.1 Å². The van der Waals surface area contributed by atoms with Gasteiger partial charge in [-0.3, -0.25) is 0 Å². The zero-order valence-corrected chi connectivity index (χ0v) is 12.7. The summed E-state index contributed by atoms with van der Waals surface area (Å²) in [4.78, 5) is 0.889. The van der Waals surface area contributed by atoms with E-state index >= 15 is 0 Å². The Kier molecular flexibility index (Phi) is 4.92. The zero-order valence-electron chi connectivity index (χ0n) is 11.1. The van der Waals surface area contributed by atoms with E-state index in [1.807, 2.05) is 6.92 Å². The van der Waals surface area contributed by atoms with Gasteiger partial charge in [0.25, 0.3) is 0 Å². The summed E-state index contributed by atoms with van der Waals surface area (Å²) < 4.78 is 57.4. The van der Waals surface area contributed by atoms with E-state index in [9.17, 15) is 17.2 Å². The van der Waals surface area contributed by atoms with Crippen LogP contribution in [0.15, 0.2) is 34.5 Å². The van der Waals surface area contributed by atoms with Crippen molar-refractivity contribution in [3.05, 3.63) is 46.8 Å². The summed E-state index contributed by atoms with van der Waals surface area (Å²) in [5.41, 5.74) is 0. The van der Waals surface area contributed by atoms with Gasteiger partial charge < -0.3 is 4.74 Å². The summed E-state index contributed by atoms with van der Waals surface area (Å²) in [5.74, 6) is -1.65. The van der Waals surface area contributed by atoms with Crippen molar-refractivity contribution in [1.82, 2.24) is 4.72 Å². The fourth-order valence-electron chi connectivity index (χ4n) is 1.56. The summed E-state index contributed by atoms with van der Waals surface area (Å²) in [6.45, 7) is 1.73. The minimum Gasteiger partial charge on any atom is -0.489 e. The molecule has 0 aliphatic carbocycles. The fraction of sp³-hybridized carbons (Fsp3) is 0.231. The summed E-state index contributed by atoms with van der Waals surface area (Å²) in [6, 6.07) is 6.15. The van der Waals surface area contributed by atoms with Gasteiger partial charge in [0, 0.05) is 17.5 Å². The third-order valence-corrected chi connectivity index (χ3v) is 5.48. The average Bonchev–Trinajstić information content (AvgIpc) is 2.84. The van der Waals surface area contributed by atoms with Gasteiger partial charge >= 0.3 is 0 Å². The quantitative estimate of drug-likeness (QED) is 0.827. The minimum atomic E-state index is -3.58. The highest BCUT2D eigenvalue weighted by molar-refractivity contribution is 7.91. The average molecular weight is 333 g/mol. The number of hydrogen-bond acceptors (Lipinski definition) is 4. The normalized spacial score (nSPS) is 11.6. The molecule has 0 saturated heterocycles. The maximum Gasteiger partial charge on any atom is 0.250 e. The van der Waals surface area contributed by atoms with Gasteiger partial charge in [0.2, 0.25) is 10.0 Å². The summed E-state index contributed by atoms with van der Waals surface area (Å²) in [5, 5.41) is 0. The molecule has 2 rings (SSSR count). The molecule has 0 unspecified atom stereocenters. The molecule has 114 valence electrons. The molecule has 1 aromatic carbocycles. The first-order valence-electron chi connectivity index (χ1n) is 6.02. The van der Waals surface area contributed by atoms with E-state index in [4.69, 9.17) is 4.74 Å². The van der Waals surface area contributed by atoms with Crippen LogP contribution in [0.4, 0.5) is 8.78 Å². The lowest BCUT2D eigenvalue weighted by atomic mass is 10.3. The van der Waals surface area contributed by atoms with Crippen LogP contribution >= 0.6 is 11.3 Å². The van der Waals surface area contributed by atoms with Gasteiger partial charge in [0.15, 0.2) is 11.6 Å². The standard InChI is InChI=1S/C13H13F2NO3S2/c1-9-2-5-13(20-9)21(17,18)16-6-7-19-12-4-3-10(14)8-11(12)15/h2-5,8,16H,6-7H2,1H3. The first kappa shape index (κ1) is 15.9. The van der Waals surface area contributed by atoms with Crippen LogP contribution in [0.25, 0.3) is 0 Å². The van der Waals surface area contributed by atoms with E-state index in [2.05, 4.69) is 4.72 Å². The molecule has 0 amide bonds. The monoisotopic (exact) mass is 333 g/mol. The Balaban J connectivity index is 1.87. The number of aryl methyl sites for hydroxylation is 1. The van der Waals surface area contributed by atoms with Gasteiger partial charge in [-0.2, -0.15) is 0 Å². The highest BCUT2D eigenvalue weighted by Crippen LogP contribution is 2.20. The van der Waals surface area contributed by atoms with Crippen LogP contribution in [-0.2, 0) is 10.0 Å². The highest BCUT2D eigenvalue weighted by atomic mass is 32.2. The summed E-state index contributed by atoms with van der Waals surface area (Å²) in [7, 11) is -3.58.